The normalized spacial score (nSPS) is 9.40. The average Bonchev–Trinajstić information content (AvgIpc) is 1.88. The maximum atomic E-state index is 10.9. The highest BCUT2D eigenvalue weighted by Gasteiger charge is 1.99. The lowest BCUT2D eigenvalue weighted by Crippen LogP contribution is -1.93. The molecular formula is C9H10O. The Morgan fingerprint density at radius 2 is 1.90 bits per heavy atom. The van der Waals surface area contributed by atoms with Crippen molar-refractivity contribution in [2.75, 3.05) is 0 Å². The maximum Gasteiger partial charge on any atom is 0.160 e. The molecule has 0 spiro atoms. The standard InChI is InChI=1S/C9H10O/c1-7-5-3-4-6-9(7)8(2)10/h3-6H,1-2H3/i1-1. The number of hydrogen-bond acceptors (Lipinski definition) is 1. The summed E-state index contributed by atoms with van der Waals surface area (Å²) in [5.74, 6) is 0.137. The van der Waals surface area contributed by atoms with Gasteiger partial charge in [-0.25, -0.2) is 0 Å². The number of benzene rings is 1. The minimum absolute atomic E-state index is 0.137. The van der Waals surface area contributed by atoms with Crippen molar-refractivity contribution in [2.24, 2.45) is 0 Å². The molecule has 0 aromatic heterocycles. The molecule has 0 unspecified atom stereocenters. The summed E-state index contributed by atoms with van der Waals surface area (Å²) >= 11 is 0. The van der Waals surface area contributed by atoms with Gasteiger partial charge in [-0.15, -0.1) is 0 Å². The SMILES string of the molecule is CC(=O)c1ccccc1[11CH3]. The second-order valence-electron chi connectivity index (χ2n) is 2.37. The predicted molar refractivity (Wildman–Crippen MR) is 41.2 cm³/mol. The van der Waals surface area contributed by atoms with Crippen LogP contribution in [0.2, 0.25) is 0 Å². The van der Waals surface area contributed by atoms with Crippen LogP contribution in [0.3, 0.4) is 0 Å². The van der Waals surface area contributed by atoms with Crippen molar-refractivity contribution < 1.29 is 4.79 Å². The van der Waals surface area contributed by atoms with E-state index in [2.05, 4.69) is 0 Å². The zero-order valence-electron chi connectivity index (χ0n) is 6.22. The van der Waals surface area contributed by atoms with Crippen molar-refractivity contribution in [2.45, 2.75) is 13.8 Å². The van der Waals surface area contributed by atoms with Gasteiger partial charge < -0.3 is 0 Å². The molecule has 1 heteroatoms. The Morgan fingerprint density at radius 3 is 2.30 bits per heavy atom. The lowest BCUT2D eigenvalue weighted by atomic mass is 9.95. The Labute approximate surface area is 60.7 Å². The molecule has 0 bridgehead atoms. The van der Waals surface area contributed by atoms with E-state index in [4.69, 9.17) is 0 Å². The van der Waals surface area contributed by atoms with Crippen LogP contribution in [0.25, 0.3) is 0 Å². The molecule has 0 aliphatic rings. The van der Waals surface area contributed by atoms with Crippen molar-refractivity contribution in [1.82, 2.24) is 0 Å². The first-order valence-electron chi connectivity index (χ1n) is 3.28. The van der Waals surface area contributed by atoms with Crippen LogP contribution in [-0.4, -0.2) is 5.78 Å². The lowest BCUT2D eigenvalue weighted by Gasteiger charge is -1.97. The fourth-order valence-corrected chi connectivity index (χ4v) is 0.968. The molecule has 1 aromatic carbocycles. The Balaban J connectivity index is 3.15. The molecule has 0 radical (unpaired) electrons. The van der Waals surface area contributed by atoms with Crippen molar-refractivity contribution in [3.63, 3.8) is 0 Å². The van der Waals surface area contributed by atoms with Gasteiger partial charge in [0, 0.05) is 5.56 Å². The third-order valence-corrected chi connectivity index (χ3v) is 1.52. The van der Waals surface area contributed by atoms with E-state index in [1.165, 1.54) is 0 Å². The van der Waals surface area contributed by atoms with Crippen molar-refractivity contribution in [3.05, 3.63) is 35.4 Å². The predicted octanol–water partition coefficient (Wildman–Crippen LogP) is 2.20. The summed E-state index contributed by atoms with van der Waals surface area (Å²) in [7, 11) is 0. The average molecular weight is 133 g/mol. The van der Waals surface area contributed by atoms with Gasteiger partial charge in [-0.2, -0.15) is 0 Å². The van der Waals surface area contributed by atoms with Gasteiger partial charge in [0.05, 0.1) is 0 Å². The van der Waals surface area contributed by atoms with Crippen molar-refractivity contribution >= 4 is 5.78 Å². The number of ketones is 1. The minimum Gasteiger partial charge on any atom is -0.295 e. The molecule has 10 heavy (non-hydrogen) atoms. The quantitative estimate of drug-likeness (QED) is 0.537. The summed E-state index contributed by atoms with van der Waals surface area (Å²) in [6.45, 7) is 3.53. The molecule has 0 saturated carbocycles. The highest BCUT2D eigenvalue weighted by atomic mass is 16.1. The number of hydrogen-bond donors (Lipinski definition) is 0. The maximum absolute atomic E-state index is 10.9. The van der Waals surface area contributed by atoms with Crippen LogP contribution < -0.4 is 0 Å². The first-order chi connectivity index (χ1) is 4.72. The first-order valence-corrected chi connectivity index (χ1v) is 3.28. The molecule has 52 valence electrons. The third kappa shape index (κ3) is 1.24. The second-order valence-corrected chi connectivity index (χ2v) is 2.37. The number of rotatable bonds is 1. The van der Waals surface area contributed by atoms with Gasteiger partial charge in [-0.1, -0.05) is 24.3 Å². The molecule has 0 aliphatic heterocycles. The van der Waals surface area contributed by atoms with Crippen LogP contribution in [0.15, 0.2) is 24.3 Å². The molecular weight excluding hydrogens is 123 g/mol. The highest BCUT2D eigenvalue weighted by molar-refractivity contribution is 5.95. The largest absolute Gasteiger partial charge is 0.295 e. The van der Waals surface area contributed by atoms with E-state index in [1.807, 2.05) is 31.2 Å². The van der Waals surface area contributed by atoms with Gasteiger partial charge in [0.2, 0.25) is 0 Å². The molecule has 0 heterocycles. The van der Waals surface area contributed by atoms with Crippen LogP contribution >= 0.6 is 0 Å². The number of carbonyl (C=O) groups is 1. The van der Waals surface area contributed by atoms with Gasteiger partial charge in [-0.3, -0.25) is 4.79 Å². The topological polar surface area (TPSA) is 17.1 Å². The van der Waals surface area contributed by atoms with Gasteiger partial charge in [0.1, 0.15) is 0 Å². The Morgan fingerprint density at radius 1 is 1.30 bits per heavy atom. The lowest BCUT2D eigenvalue weighted by molar-refractivity contribution is 0.101. The molecule has 0 atom stereocenters. The van der Waals surface area contributed by atoms with Crippen LogP contribution in [-0.2, 0) is 0 Å². The van der Waals surface area contributed by atoms with Crippen LogP contribution in [0.1, 0.15) is 22.8 Å². The van der Waals surface area contributed by atoms with E-state index in [9.17, 15) is 4.79 Å². The zero-order valence-corrected chi connectivity index (χ0v) is 6.22. The first kappa shape index (κ1) is 7.00. The van der Waals surface area contributed by atoms with E-state index >= 15 is 0 Å². The second kappa shape index (κ2) is 2.65. The molecule has 0 amide bonds. The van der Waals surface area contributed by atoms with Gasteiger partial charge in [0.15, 0.2) is 5.78 Å². The zero-order chi connectivity index (χ0) is 7.56. The van der Waals surface area contributed by atoms with E-state index in [0.717, 1.165) is 11.1 Å². The summed E-state index contributed by atoms with van der Waals surface area (Å²) in [5.41, 5.74) is 1.87. The molecule has 0 fully saturated rings. The molecule has 1 aromatic rings. The van der Waals surface area contributed by atoms with Crippen molar-refractivity contribution in [1.29, 1.82) is 0 Å². The summed E-state index contributed by atoms with van der Waals surface area (Å²) < 4.78 is 0. The smallest absolute Gasteiger partial charge is 0.160 e. The van der Waals surface area contributed by atoms with E-state index in [-0.39, 0.29) is 5.78 Å². The molecule has 0 saturated heterocycles. The molecule has 0 aliphatic carbocycles. The fourth-order valence-electron chi connectivity index (χ4n) is 0.968. The van der Waals surface area contributed by atoms with E-state index in [1.54, 1.807) is 6.92 Å². The molecule has 1 rings (SSSR count). The van der Waals surface area contributed by atoms with Gasteiger partial charge in [-0.05, 0) is 19.4 Å². The number of Topliss-reactive ketones (excluding diaryl/α,β-unsaturated/α-hetero) is 1. The Bertz CT molecular complexity index is 251. The third-order valence-electron chi connectivity index (χ3n) is 1.52. The fraction of sp³-hybridized carbons (Fsp3) is 0.222. The molecule has 1 nitrogen and oxygen atoms in total. The summed E-state index contributed by atoms with van der Waals surface area (Å²) in [4.78, 5) is 10.9. The minimum atomic E-state index is 0.137. The molecule has 0 N–H and O–H groups in total. The van der Waals surface area contributed by atoms with Crippen LogP contribution in [0.4, 0.5) is 0 Å². The monoisotopic (exact) mass is 133 g/mol. The van der Waals surface area contributed by atoms with E-state index in [0.29, 0.717) is 0 Å². The summed E-state index contributed by atoms with van der Waals surface area (Å²) in [6.07, 6.45) is 0. The Hall–Kier alpha value is -1.11. The number of aryl methyl sites for hydroxylation is 1. The summed E-state index contributed by atoms with van der Waals surface area (Å²) in [6, 6.07) is 7.60. The Kier molecular flexibility index (Phi) is 1.86. The number of carbonyl (C=O) groups excluding carboxylic acids is 1. The summed E-state index contributed by atoms with van der Waals surface area (Å²) in [5, 5.41) is 0. The van der Waals surface area contributed by atoms with Gasteiger partial charge >= 0.3 is 0 Å². The van der Waals surface area contributed by atoms with Crippen LogP contribution in [0.5, 0.6) is 0 Å². The van der Waals surface area contributed by atoms with Gasteiger partial charge in [0.25, 0.3) is 0 Å². The van der Waals surface area contributed by atoms with E-state index < -0.39 is 0 Å². The van der Waals surface area contributed by atoms with Crippen molar-refractivity contribution in [3.8, 4) is 0 Å². The highest BCUT2D eigenvalue weighted by Crippen LogP contribution is 2.06. The van der Waals surface area contributed by atoms with Crippen LogP contribution in [0, 0.1) is 6.92 Å².